The first-order valence-electron chi connectivity index (χ1n) is 27.3. The first-order chi connectivity index (χ1) is 35.1. The summed E-state index contributed by atoms with van der Waals surface area (Å²) in [6, 6.07) is 0. The molecule has 14 N–H and O–H groups in total. The van der Waals surface area contributed by atoms with Gasteiger partial charge < -0.3 is 109 Å². The average molecular weight is 1070 g/mol. The maximum Gasteiger partial charge on any atom is 0.187 e. The highest BCUT2D eigenvalue weighted by Gasteiger charge is 2.60. The molecule has 4 aliphatic heterocycles. The standard InChI is InChI=1S/C52H88O22/c1-22(6-7-23(2)28-10-11-29-27-9-8-25-16-26(12-14-51(25,4)30(27)13-15-52(28,29)5)68-47-42(64)38(60)35(57)31(17-53)69-47)24(3)21-67-50-46(40(62)37(59)33(19-55)71-50)74-49-44(66)41(63)45(34(20-56)72-49)73-48-43(65)39(61)36(58)32(18-54)70-48/h8,22-24,26-50,53-66H,6-7,9-21H2,1-5H3/t22-,23+,24?,26-,27-,28+,29-,30-,31+,32+,33+,34+,35+,36+,37+,38-,39-,40-,41+,42+,43+,44+,45+,46+,47+,48-,49-,50+,51-,52+/m0/s1. The number of ether oxygens (including phenoxy) is 8. The molecule has 4 aliphatic carbocycles. The molecule has 22 heteroatoms. The smallest absolute Gasteiger partial charge is 0.187 e. The topological polar surface area (TPSA) is 357 Å². The second-order valence-electron chi connectivity index (χ2n) is 23.8. The van der Waals surface area contributed by atoms with Gasteiger partial charge in [0.25, 0.3) is 0 Å². The van der Waals surface area contributed by atoms with Crippen LogP contribution in [0.3, 0.4) is 0 Å². The van der Waals surface area contributed by atoms with Crippen molar-refractivity contribution in [3.05, 3.63) is 11.6 Å². The van der Waals surface area contributed by atoms with Crippen LogP contribution < -0.4 is 0 Å². The summed E-state index contributed by atoms with van der Waals surface area (Å²) < 4.78 is 46.9. The van der Waals surface area contributed by atoms with Gasteiger partial charge in [0.1, 0.15) is 97.7 Å². The molecule has 1 unspecified atom stereocenters. The van der Waals surface area contributed by atoms with Crippen LogP contribution in [0.1, 0.15) is 98.8 Å². The fourth-order valence-electron chi connectivity index (χ4n) is 14.7. The molecular weight excluding hydrogens is 977 g/mol. The largest absolute Gasteiger partial charge is 0.394 e. The van der Waals surface area contributed by atoms with Crippen LogP contribution in [0.2, 0.25) is 0 Å². The summed E-state index contributed by atoms with van der Waals surface area (Å²) >= 11 is 0. The minimum atomic E-state index is -1.93. The third-order valence-corrected chi connectivity index (χ3v) is 19.6. The summed E-state index contributed by atoms with van der Waals surface area (Å²) in [7, 11) is 0. The molecule has 22 nitrogen and oxygen atoms in total. The van der Waals surface area contributed by atoms with Crippen LogP contribution in [0.25, 0.3) is 0 Å². The molecule has 8 aliphatic rings. The molecule has 0 radical (unpaired) electrons. The predicted molar refractivity (Wildman–Crippen MR) is 256 cm³/mol. The van der Waals surface area contributed by atoms with Gasteiger partial charge in [-0.3, -0.25) is 0 Å². The third-order valence-electron chi connectivity index (χ3n) is 19.6. The van der Waals surface area contributed by atoms with Crippen LogP contribution in [0.5, 0.6) is 0 Å². The lowest BCUT2D eigenvalue weighted by molar-refractivity contribution is -0.385. The molecule has 4 heterocycles. The van der Waals surface area contributed by atoms with E-state index < -0.39 is 149 Å². The van der Waals surface area contributed by atoms with Gasteiger partial charge in [0.15, 0.2) is 25.2 Å². The summed E-state index contributed by atoms with van der Waals surface area (Å²) in [5.41, 5.74) is 1.65. The minimum Gasteiger partial charge on any atom is -0.394 e. The second kappa shape index (κ2) is 24.3. The van der Waals surface area contributed by atoms with Gasteiger partial charge in [0.05, 0.1) is 39.1 Å². The maximum absolute atomic E-state index is 11.3. The van der Waals surface area contributed by atoms with Crippen LogP contribution in [0.4, 0.5) is 0 Å². The average Bonchev–Trinajstić information content (AvgIpc) is 3.75. The van der Waals surface area contributed by atoms with Gasteiger partial charge in [0, 0.05) is 0 Å². The molecule has 0 aromatic rings. The van der Waals surface area contributed by atoms with Gasteiger partial charge in [-0.15, -0.1) is 0 Å². The molecule has 0 aromatic heterocycles. The lowest BCUT2D eigenvalue weighted by atomic mass is 9.47. The maximum atomic E-state index is 11.3. The van der Waals surface area contributed by atoms with E-state index >= 15 is 0 Å². The Bertz CT molecular complexity index is 1830. The molecule has 3 saturated carbocycles. The summed E-state index contributed by atoms with van der Waals surface area (Å²) in [4.78, 5) is 0. The fraction of sp³-hybridized carbons (Fsp3) is 0.962. The van der Waals surface area contributed by atoms with Crippen LogP contribution in [-0.4, -0.2) is 233 Å². The molecule has 30 atom stereocenters. The number of aliphatic hydroxyl groups excluding tert-OH is 14. The molecule has 0 amide bonds. The Balaban J connectivity index is 0.836. The van der Waals surface area contributed by atoms with Gasteiger partial charge >= 0.3 is 0 Å². The predicted octanol–water partition coefficient (Wildman–Crippen LogP) is -2.10. The lowest BCUT2D eigenvalue weighted by Gasteiger charge is -2.58. The monoisotopic (exact) mass is 1060 g/mol. The highest BCUT2D eigenvalue weighted by molar-refractivity contribution is 5.25. The van der Waals surface area contributed by atoms with Gasteiger partial charge in [-0.25, -0.2) is 0 Å². The SMILES string of the molecule is CC(CO[C@@H]1O[C@H](CO)[C@@H](O)[C@H](O)[C@H]1O[C@@H]1O[C@H](CO)[C@@H](O[C@@H]2O[C@H](CO)[C@@H](O)[C@H](O)[C@H]2O)[C@H](O)[C@H]1O)[C@@H](C)CC[C@@H](C)[C@H]1CC[C@H]2[C@@H]3CC=C4C[C@@H](O[C@@H]5O[C@H](CO)[C@@H](O)[C@H](O)[C@H]5O)CC[C@]4(C)[C@H]3CC[C@]12C. The normalized spacial score (nSPS) is 51.0. The van der Waals surface area contributed by atoms with Crippen molar-refractivity contribution in [3.63, 3.8) is 0 Å². The van der Waals surface area contributed by atoms with Crippen LogP contribution >= 0.6 is 0 Å². The van der Waals surface area contributed by atoms with Crippen LogP contribution in [-0.2, 0) is 37.9 Å². The summed E-state index contributed by atoms with van der Waals surface area (Å²) in [6.07, 6.45) is -18.8. The second-order valence-corrected chi connectivity index (χ2v) is 23.8. The van der Waals surface area contributed by atoms with Crippen molar-refractivity contribution in [2.45, 2.75) is 228 Å². The van der Waals surface area contributed by atoms with Crippen molar-refractivity contribution in [2.75, 3.05) is 33.0 Å². The molecule has 8 rings (SSSR count). The zero-order valence-electron chi connectivity index (χ0n) is 43.4. The van der Waals surface area contributed by atoms with Gasteiger partial charge in [0.2, 0.25) is 0 Å². The number of hydrogen-bond acceptors (Lipinski definition) is 22. The van der Waals surface area contributed by atoms with Crippen LogP contribution in [0, 0.1) is 52.3 Å². The lowest BCUT2D eigenvalue weighted by Crippen LogP contribution is -2.66. The Labute approximate surface area is 433 Å². The van der Waals surface area contributed by atoms with E-state index in [-0.39, 0.29) is 35.4 Å². The van der Waals surface area contributed by atoms with Crippen molar-refractivity contribution in [3.8, 4) is 0 Å². The first-order valence-corrected chi connectivity index (χ1v) is 27.3. The summed E-state index contributed by atoms with van der Waals surface area (Å²) in [6.45, 7) is 8.95. The van der Waals surface area contributed by atoms with Crippen molar-refractivity contribution in [1.29, 1.82) is 0 Å². The van der Waals surface area contributed by atoms with Gasteiger partial charge in [-0.05, 0) is 104 Å². The Hall–Kier alpha value is -1.14. The van der Waals surface area contributed by atoms with E-state index in [0.29, 0.717) is 36.0 Å². The molecule has 0 aromatic carbocycles. The van der Waals surface area contributed by atoms with Crippen molar-refractivity contribution in [1.82, 2.24) is 0 Å². The van der Waals surface area contributed by atoms with Gasteiger partial charge in [-0.2, -0.15) is 0 Å². The molecule has 4 saturated heterocycles. The van der Waals surface area contributed by atoms with Crippen molar-refractivity contribution in [2.24, 2.45) is 52.3 Å². The Kier molecular flexibility index (Phi) is 19.4. The fourth-order valence-corrected chi connectivity index (χ4v) is 14.7. The molecule has 428 valence electrons. The molecule has 0 spiro atoms. The Morgan fingerprint density at radius 3 is 1.64 bits per heavy atom. The highest BCUT2D eigenvalue weighted by atomic mass is 16.8. The summed E-state index contributed by atoms with van der Waals surface area (Å²) in [5, 5.41) is 146. The third kappa shape index (κ3) is 11.3. The number of hydrogen-bond donors (Lipinski definition) is 14. The Morgan fingerprint density at radius 2 is 1.04 bits per heavy atom. The van der Waals surface area contributed by atoms with E-state index in [4.69, 9.17) is 37.9 Å². The number of allylic oxidation sites excluding steroid dienone is 1. The minimum absolute atomic E-state index is 0.0236. The van der Waals surface area contributed by atoms with E-state index in [0.717, 1.165) is 38.5 Å². The summed E-state index contributed by atoms with van der Waals surface area (Å²) in [5.74, 6) is 2.97. The van der Waals surface area contributed by atoms with E-state index in [1.807, 2.05) is 6.92 Å². The zero-order valence-corrected chi connectivity index (χ0v) is 43.4. The molecule has 74 heavy (non-hydrogen) atoms. The quantitative estimate of drug-likeness (QED) is 0.0654. The highest BCUT2D eigenvalue weighted by Crippen LogP contribution is 2.67. The number of rotatable bonds is 18. The van der Waals surface area contributed by atoms with E-state index in [1.165, 1.54) is 24.8 Å². The Morgan fingerprint density at radius 1 is 0.527 bits per heavy atom. The van der Waals surface area contributed by atoms with E-state index in [1.54, 1.807) is 0 Å². The molecule has 7 fully saturated rings. The van der Waals surface area contributed by atoms with Crippen molar-refractivity contribution >= 4 is 0 Å². The number of fused-ring (bicyclic) bond motifs is 5. The molecule has 0 bridgehead atoms. The first kappa shape index (κ1) is 59.0. The zero-order chi connectivity index (χ0) is 53.7. The van der Waals surface area contributed by atoms with E-state index in [9.17, 15) is 71.5 Å². The van der Waals surface area contributed by atoms with E-state index in [2.05, 4.69) is 33.8 Å². The number of aliphatic hydroxyl groups is 14. The van der Waals surface area contributed by atoms with Crippen LogP contribution in [0.15, 0.2) is 11.6 Å². The van der Waals surface area contributed by atoms with Crippen molar-refractivity contribution < 1.29 is 109 Å². The van der Waals surface area contributed by atoms with Gasteiger partial charge in [-0.1, -0.05) is 59.1 Å². The molecular formula is C52H88O22.